The highest BCUT2D eigenvalue weighted by molar-refractivity contribution is 5.83. The zero-order chi connectivity index (χ0) is 18.6. The number of carbonyl (C=O) groups is 1. The number of rotatable bonds is 7. The van der Waals surface area contributed by atoms with Crippen molar-refractivity contribution in [3.05, 3.63) is 42.5 Å². The van der Waals surface area contributed by atoms with Gasteiger partial charge in [-0.1, -0.05) is 58.0 Å². The smallest absolute Gasteiger partial charge is 0.323 e. The molecule has 0 radical (unpaired) electrons. The van der Waals surface area contributed by atoms with Crippen LogP contribution in [0.15, 0.2) is 42.5 Å². The lowest BCUT2D eigenvalue weighted by Crippen LogP contribution is -2.43. The highest BCUT2D eigenvalue weighted by Gasteiger charge is 2.29. The molecule has 0 aliphatic carbocycles. The summed E-state index contributed by atoms with van der Waals surface area (Å²) in [7, 11) is 0. The molecule has 0 bridgehead atoms. The van der Waals surface area contributed by atoms with Gasteiger partial charge in [-0.05, 0) is 41.7 Å². The third kappa shape index (κ3) is 4.95. The number of hydrogen-bond donors (Lipinski definition) is 1. The molecular weight excluding hydrogens is 314 g/mol. The van der Waals surface area contributed by atoms with E-state index in [1.54, 1.807) is 0 Å². The van der Waals surface area contributed by atoms with Crippen molar-refractivity contribution >= 4 is 16.7 Å². The van der Waals surface area contributed by atoms with Gasteiger partial charge in [-0.25, -0.2) is 0 Å². The van der Waals surface area contributed by atoms with Crippen LogP contribution in [0.25, 0.3) is 10.8 Å². The summed E-state index contributed by atoms with van der Waals surface area (Å²) >= 11 is 0. The van der Waals surface area contributed by atoms with Crippen LogP contribution < -0.4 is 10.5 Å². The van der Waals surface area contributed by atoms with E-state index in [0.29, 0.717) is 0 Å². The molecule has 0 fully saturated rings. The molecule has 2 N–H and O–H groups in total. The maximum Gasteiger partial charge on any atom is 0.323 e. The predicted octanol–water partition coefficient (Wildman–Crippen LogP) is 4.16. The molecule has 3 atom stereocenters. The lowest BCUT2D eigenvalue weighted by atomic mass is 10.0. The summed E-state index contributed by atoms with van der Waals surface area (Å²) in [5.41, 5.74) is 5.88. The number of hydrogen-bond acceptors (Lipinski definition) is 4. The SMILES string of the molecule is CC(C)[C@H](N)C(=O)O[C@@H](C)[C@H](Oc1ccc2ccccc2c1)C(C)C. The second-order valence-corrected chi connectivity index (χ2v) is 7.25. The van der Waals surface area contributed by atoms with E-state index in [1.807, 2.05) is 51.1 Å². The molecule has 0 unspecified atom stereocenters. The average molecular weight is 343 g/mol. The lowest BCUT2D eigenvalue weighted by molar-refractivity contribution is -0.156. The average Bonchev–Trinajstić information content (AvgIpc) is 2.58. The first-order chi connectivity index (χ1) is 11.8. The van der Waals surface area contributed by atoms with E-state index in [-0.39, 0.29) is 30.0 Å². The standard InChI is InChI=1S/C21H29NO3/c1-13(2)19(22)21(23)24-15(5)20(14(3)4)25-18-11-10-16-8-6-7-9-17(16)12-18/h6-15,19-20H,22H2,1-5H3/t15-,19-,20+/m0/s1. The van der Waals surface area contributed by atoms with Gasteiger partial charge in [0.15, 0.2) is 0 Å². The van der Waals surface area contributed by atoms with Gasteiger partial charge in [-0.15, -0.1) is 0 Å². The van der Waals surface area contributed by atoms with Crippen molar-refractivity contribution in [2.24, 2.45) is 17.6 Å². The van der Waals surface area contributed by atoms with Crippen molar-refractivity contribution in [1.29, 1.82) is 0 Å². The molecule has 0 saturated carbocycles. The maximum absolute atomic E-state index is 12.1. The van der Waals surface area contributed by atoms with Crippen LogP contribution in [-0.4, -0.2) is 24.2 Å². The Labute approximate surface area is 150 Å². The fourth-order valence-corrected chi connectivity index (χ4v) is 2.77. The van der Waals surface area contributed by atoms with E-state index in [9.17, 15) is 4.79 Å². The van der Waals surface area contributed by atoms with Crippen LogP contribution >= 0.6 is 0 Å². The highest BCUT2D eigenvalue weighted by Crippen LogP contribution is 2.24. The van der Waals surface area contributed by atoms with Crippen molar-refractivity contribution in [3.63, 3.8) is 0 Å². The Balaban J connectivity index is 2.12. The number of fused-ring (bicyclic) bond motifs is 1. The Morgan fingerprint density at radius 3 is 2.16 bits per heavy atom. The monoisotopic (exact) mass is 343 g/mol. The van der Waals surface area contributed by atoms with Crippen molar-refractivity contribution in [3.8, 4) is 5.75 Å². The van der Waals surface area contributed by atoms with Crippen LogP contribution in [0.3, 0.4) is 0 Å². The van der Waals surface area contributed by atoms with Gasteiger partial charge in [-0.3, -0.25) is 4.79 Å². The summed E-state index contributed by atoms with van der Waals surface area (Å²) < 4.78 is 11.7. The Bertz CT molecular complexity index is 711. The second-order valence-electron chi connectivity index (χ2n) is 7.25. The summed E-state index contributed by atoms with van der Waals surface area (Å²) in [6.07, 6.45) is -0.631. The third-order valence-electron chi connectivity index (χ3n) is 4.41. The molecule has 4 nitrogen and oxygen atoms in total. The summed E-state index contributed by atoms with van der Waals surface area (Å²) in [5.74, 6) is 0.617. The fraction of sp³-hybridized carbons (Fsp3) is 0.476. The third-order valence-corrected chi connectivity index (χ3v) is 4.41. The quantitative estimate of drug-likeness (QED) is 0.767. The number of carbonyl (C=O) groups excluding carboxylic acids is 1. The van der Waals surface area contributed by atoms with E-state index in [0.717, 1.165) is 11.1 Å². The van der Waals surface area contributed by atoms with Gasteiger partial charge in [0.05, 0.1) is 0 Å². The van der Waals surface area contributed by atoms with Gasteiger partial charge in [0.25, 0.3) is 0 Å². The van der Waals surface area contributed by atoms with E-state index >= 15 is 0 Å². The first kappa shape index (κ1) is 19.3. The number of benzene rings is 2. The number of nitrogens with two attached hydrogens (primary N) is 1. The number of esters is 1. The van der Waals surface area contributed by atoms with Gasteiger partial charge in [0.2, 0.25) is 0 Å². The van der Waals surface area contributed by atoms with Crippen LogP contribution in [0.1, 0.15) is 34.6 Å². The minimum absolute atomic E-state index is 0.0404. The van der Waals surface area contributed by atoms with E-state index in [1.165, 1.54) is 5.39 Å². The topological polar surface area (TPSA) is 61.6 Å². The molecular formula is C21H29NO3. The molecule has 0 aromatic heterocycles. The molecule has 0 heterocycles. The molecule has 4 heteroatoms. The Hall–Kier alpha value is -2.07. The molecule has 136 valence electrons. The zero-order valence-corrected chi connectivity index (χ0v) is 15.7. The second kappa shape index (κ2) is 8.34. The fourth-order valence-electron chi connectivity index (χ4n) is 2.77. The van der Waals surface area contributed by atoms with Crippen molar-refractivity contribution < 1.29 is 14.3 Å². The first-order valence-electron chi connectivity index (χ1n) is 8.91. The minimum atomic E-state index is -0.615. The van der Waals surface area contributed by atoms with Gasteiger partial charge in [-0.2, -0.15) is 0 Å². The molecule has 25 heavy (non-hydrogen) atoms. The summed E-state index contributed by atoms with van der Waals surface area (Å²) in [6.45, 7) is 9.78. The normalized spacial score (nSPS) is 15.2. The highest BCUT2D eigenvalue weighted by atomic mass is 16.6. The van der Waals surface area contributed by atoms with Crippen molar-refractivity contribution in [2.75, 3.05) is 0 Å². The van der Waals surface area contributed by atoms with Crippen LogP contribution in [0.2, 0.25) is 0 Å². The summed E-state index contributed by atoms with van der Waals surface area (Å²) in [5, 5.41) is 2.28. The Morgan fingerprint density at radius 2 is 1.56 bits per heavy atom. The molecule has 2 aromatic rings. The molecule has 2 rings (SSSR count). The molecule has 0 aliphatic rings. The molecule has 0 amide bonds. The van der Waals surface area contributed by atoms with Crippen LogP contribution in [-0.2, 0) is 9.53 Å². The summed E-state index contributed by atoms with van der Waals surface area (Å²) in [4.78, 5) is 12.1. The Morgan fingerprint density at radius 1 is 0.920 bits per heavy atom. The lowest BCUT2D eigenvalue weighted by Gasteiger charge is -2.29. The molecule has 0 aliphatic heterocycles. The van der Waals surface area contributed by atoms with E-state index in [4.69, 9.17) is 15.2 Å². The largest absolute Gasteiger partial charge is 0.486 e. The minimum Gasteiger partial charge on any atom is -0.486 e. The van der Waals surface area contributed by atoms with Crippen molar-refractivity contribution in [1.82, 2.24) is 0 Å². The molecule has 0 spiro atoms. The van der Waals surface area contributed by atoms with E-state index in [2.05, 4.69) is 26.0 Å². The van der Waals surface area contributed by atoms with Crippen molar-refractivity contribution in [2.45, 2.75) is 52.9 Å². The molecule has 2 aromatic carbocycles. The Kier molecular flexibility index (Phi) is 6.43. The van der Waals surface area contributed by atoms with Gasteiger partial charge >= 0.3 is 5.97 Å². The van der Waals surface area contributed by atoms with Gasteiger partial charge in [0.1, 0.15) is 24.0 Å². The van der Waals surface area contributed by atoms with Gasteiger partial charge < -0.3 is 15.2 Å². The molecule has 0 saturated heterocycles. The number of ether oxygens (including phenoxy) is 2. The predicted molar refractivity (Wildman–Crippen MR) is 102 cm³/mol. The maximum atomic E-state index is 12.1. The van der Waals surface area contributed by atoms with Crippen LogP contribution in [0.5, 0.6) is 5.75 Å². The zero-order valence-electron chi connectivity index (χ0n) is 15.7. The van der Waals surface area contributed by atoms with E-state index < -0.39 is 6.04 Å². The first-order valence-corrected chi connectivity index (χ1v) is 8.91. The van der Waals surface area contributed by atoms with Gasteiger partial charge in [0, 0.05) is 0 Å². The summed E-state index contributed by atoms with van der Waals surface area (Å²) in [6, 6.07) is 13.5. The van der Waals surface area contributed by atoms with Crippen LogP contribution in [0, 0.1) is 11.8 Å². The van der Waals surface area contributed by atoms with Crippen LogP contribution in [0.4, 0.5) is 0 Å².